The predicted molar refractivity (Wildman–Crippen MR) is 49.3 cm³/mol. The zero-order valence-electron chi connectivity index (χ0n) is 6.66. The number of anilines is 2. The first-order chi connectivity index (χ1) is 5.72. The normalized spacial score (nSPS) is 9.00. The summed E-state index contributed by atoms with van der Waals surface area (Å²) in [5.74, 6) is 0.428. The molecule has 0 unspecified atom stereocenters. The monoisotopic (exact) mass is 164 g/mol. The van der Waals surface area contributed by atoms with Crippen LogP contribution in [0, 0.1) is 0 Å². The molecule has 1 aromatic rings. The Morgan fingerprint density at radius 1 is 1.58 bits per heavy atom. The van der Waals surface area contributed by atoms with Gasteiger partial charge in [-0.1, -0.05) is 0 Å². The Hall–Kier alpha value is -1.72. The van der Waals surface area contributed by atoms with Gasteiger partial charge in [0.2, 0.25) is 7.98 Å². The zero-order valence-corrected chi connectivity index (χ0v) is 6.66. The van der Waals surface area contributed by atoms with Gasteiger partial charge in [-0.2, -0.15) is 0 Å². The molecule has 62 valence electrons. The number of hydrogen-bond acceptors (Lipinski definition) is 3. The molecule has 0 atom stereocenters. The van der Waals surface area contributed by atoms with Crippen LogP contribution in [0.5, 0.6) is 0 Å². The fourth-order valence-electron chi connectivity index (χ4n) is 0.673. The highest BCUT2D eigenvalue weighted by Crippen LogP contribution is 2.05. The Balaban J connectivity index is 2.64. The second kappa shape index (κ2) is 3.61. The van der Waals surface area contributed by atoms with Crippen LogP contribution < -0.4 is 16.3 Å². The second-order valence-electron chi connectivity index (χ2n) is 2.18. The molecule has 0 aliphatic rings. The van der Waals surface area contributed by atoms with E-state index >= 15 is 0 Å². The Kier molecular flexibility index (Phi) is 2.52. The smallest absolute Gasteiger partial charge is 0.306 e. The number of aromatic nitrogens is 1. The summed E-state index contributed by atoms with van der Waals surface area (Å²) < 4.78 is 0. The van der Waals surface area contributed by atoms with Crippen molar-refractivity contribution in [3.63, 3.8) is 0 Å². The number of nitrogens with one attached hydrogen (secondary N) is 2. The van der Waals surface area contributed by atoms with Gasteiger partial charge in [0.15, 0.2) is 0 Å². The standard InChI is InChI=1S/C6H9BN4O/c7-11-6(12)10-4-1-2-5(8)9-3-4/h1-3H,7H2,(H2,8,9)(H2,10,11,12). The summed E-state index contributed by atoms with van der Waals surface area (Å²) in [6.45, 7) is 0. The summed E-state index contributed by atoms with van der Waals surface area (Å²) in [6, 6.07) is 3.02. The lowest BCUT2D eigenvalue weighted by molar-refractivity contribution is 0.257. The lowest BCUT2D eigenvalue weighted by atomic mass is 10.4. The van der Waals surface area contributed by atoms with Gasteiger partial charge in [-0.25, -0.2) is 9.78 Å². The Morgan fingerprint density at radius 3 is 2.83 bits per heavy atom. The van der Waals surface area contributed by atoms with Gasteiger partial charge in [0.1, 0.15) is 5.82 Å². The van der Waals surface area contributed by atoms with E-state index < -0.39 is 0 Å². The minimum atomic E-state index is -0.276. The first-order valence-corrected chi connectivity index (χ1v) is 3.42. The number of rotatable bonds is 1. The number of nitrogen functional groups attached to an aromatic ring is 1. The van der Waals surface area contributed by atoms with Gasteiger partial charge in [0.25, 0.3) is 0 Å². The molecule has 12 heavy (non-hydrogen) atoms. The van der Waals surface area contributed by atoms with Gasteiger partial charge in [-0.05, 0) is 12.1 Å². The van der Waals surface area contributed by atoms with Crippen LogP contribution >= 0.6 is 0 Å². The zero-order chi connectivity index (χ0) is 8.97. The number of pyridine rings is 1. The minimum absolute atomic E-state index is 0.276. The third kappa shape index (κ3) is 2.15. The van der Waals surface area contributed by atoms with E-state index in [2.05, 4.69) is 15.5 Å². The molecule has 0 aliphatic heterocycles. The van der Waals surface area contributed by atoms with Crippen LogP contribution in [-0.4, -0.2) is 19.0 Å². The Bertz CT molecular complexity index is 273. The topological polar surface area (TPSA) is 80.0 Å². The molecule has 1 aromatic heterocycles. The molecule has 0 saturated carbocycles. The molecular formula is C6H9BN4O. The highest BCUT2D eigenvalue weighted by molar-refractivity contribution is 6.16. The quantitative estimate of drug-likeness (QED) is 0.481. The van der Waals surface area contributed by atoms with Crippen molar-refractivity contribution in [2.45, 2.75) is 0 Å². The fourth-order valence-corrected chi connectivity index (χ4v) is 0.673. The van der Waals surface area contributed by atoms with Crippen LogP contribution in [0.3, 0.4) is 0 Å². The van der Waals surface area contributed by atoms with E-state index in [0.717, 1.165) is 0 Å². The number of amides is 2. The molecule has 4 N–H and O–H groups in total. The molecule has 0 aromatic carbocycles. The van der Waals surface area contributed by atoms with E-state index in [1.54, 1.807) is 20.1 Å². The number of urea groups is 1. The molecule has 1 heterocycles. The largest absolute Gasteiger partial charge is 0.388 e. The fraction of sp³-hybridized carbons (Fsp3) is 0. The molecule has 1 rings (SSSR count). The lowest BCUT2D eigenvalue weighted by Crippen LogP contribution is -2.25. The predicted octanol–water partition coefficient (Wildman–Crippen LogP) is -0.667. The summed E-state index contributed by atoms with van der Waals surface area (Å²) >= 11 is 0. The molecule has 0 spiro atoms. The number of nitrogens with two attached hydrogens (primary N) is 1. The van der Waals surface area contributed by atoms with Crippen molar-refractivity contribution in [3.05, 3.63) is 18.3 Å². The molecule has 6 heteroatoms. The molecule has 0 radical (unpaired) electrons. The summed E-state index contributed by atoms with van der Waals surface area (Å²) in [4.78, 5) is 14.6. The maximum absolute atomic E-state index is 10.8. The average Bonchev–Trinajstić information content (AvgIpc) is 2.09. The van der Waals surface area contributed by atoms with E-state index in [1.165, 1.54) is 6.20 Å². The van der Waals surface area contributed by atoms with Gasteiger partial charge >= 0.3 is 6.03 Å². The summed E-state index contributed by atoms with van der Waals surface area (Å²) in [6.07, 6.45) is 1.49. The third-order valence-corrected chi connectivity index (χ3v) is 1.27. The van der Waals surface area contributed by atoms with Crippen LogP contribution in [-0.2, 0) is 0 Å². The molecule has 0 aliphatic carbocycles. The summed E-state index contributed by atoms with van der Waals surface area (Å²) in [5.41, 5.74) is 5.96. The first-order valence-electron chi connectivity index (χ1n) is 3.42. The maximum Gasteiger partial charge on any atom is 0.306 e. The second-order valence-corrected chi connectivity index (χ2v) is 2.18. The highest BCUT2D eigenvalue weighted by Gasteiger charge is 1.96. The van der Waals surface area contributed by atoms with E-state index in [4.69, 9.17) is 5.73 Å². The lowest BCUT2D eigenvalue weighted by Gasteiger charge is -2.02. The molecule has 0 fully saturated rings. The van der Waals surface area contributed by atoms with Crippen molar-refractivity contribution in [3.8, 4) is 0 Å². The number of carbonyl (C=O) groups is 1. The first kappa shape index (κ1) is 8.38. The van der Waals surface area contributed by atoms with Gasteiger partial charge < -0.3 is 16.3 Å². The number of hydrogen-bond donors (Lipinski definition) is 3. The number of nitrogens with zero attached hydrogens (tertiary/aromatic N) is 1. The maximum atomic E-state index is 10.8. The van der Waals surface area contributed by atoms with Crippen molar-refractivity contribution in [2.24, 2.45) is 0 Å². The van der Waals surface area contributed by atoms with E-state index in [-0.39, 0.29) is 6.03 Å². The molecule has 0 saturated heterocycles. The third-order valence-electron chi connectivity index (χ3n) is 1.27. The van der Waals surface area contributed by atoms with Crippen LogP contribution in [0.15, 0.2) is 18.3 Å². The van der Waals surface area contributed by atoms with Gasteiger partial charge in [0.05, 0.1) is 11.9 Å². The molecular weight excluding hydrogens is 155 g/mol. The SMILES string of the molecule is BNC(=O)Nc1ccc(N)nc1. The Labute approximate surface area is 70.8 Å². The average molecular weight is 164 g/mol. The van der Waals surface area contributed by atoms with Crippen molar-refractivity contribution in [2.75, 3.05) is 11.1 Å². The Morgan fingerprint density at radius 2 is 2.33 bits per heavy atom. The van der Waals surface area contributed by atoms with Gasteiger partial charge in [-0.3, -0.25) is 0 Å². The molecule has 2 amide bonds. The van der Waals surface area contributed by atoms with Crippen LogP contribution in [0.1, 0.15) is 0 Å². The van der Waals surface area contributed by atoms with E-state index in [1.807, 2.05) is 0 Å². The molecule has 0 bridgehead atoms. The summed E-state index contributed by atoms with van der Waals surface area (Å²) in [7, 11) is 1.54. The minimum Gasteiger partial charge on any atom is -0.388 e. The highest BCUT2D eigenvalue weighted by atomic mass is 16.2. The van der Waals surface area contributed by atoms with E-state index in [9.17, 15) is 4.79 Å². The van der Waals surface area contributed by atoms with Gasteiger partial charge in [-0.15, -0.1) is 0 Å². The summed E-state index contributed by atoms with van der Waals surface area (Å²) in [5, 5.41) is 4.97. The van der Waals surface area contributed by atoms with Crippen molar-refractivity contribution < 1.29 is 4.79 Å². The van der Waals surface area contributed by atoms with Crippen molar-refractivity contribution in [1.29, 1.82) is 0 Å². The van der Waals surface area contributed by atoms with Crippen LogP contribution in [0.2, 0.25) is 0 Å². The van der Waals surface area contributed by atoms with Crippen LogP contribution in [0.4, 0.5) is 16.3 Å². The van der Waals surface area contributed by atoms with Crippen molar-refractivity contribution in [1.82, 2.24) is 10.2 Å². The van der Waals surface area contributed by atoms with Crippen LogP contribution in [0.25, 0.3) is 0 Å². The van der Waals surface area contributed by atoms with Crippen molar-refractivity contribution >= 4 is 25.5 Å². The number of carbonyl (C=O) groups excluding carboxylic acids is 1. The van der Waals surface area contributed by atoms with E-state index in [0.29, 0.717) is 11.5 Å². The molecule has 5 nitrogen and oxygen atoms in total. The van der Waals surface area contributed by atoms with Gasteiger partial charge in [0, 0.05) is 0 Å².